The number of rotatable bonds is 8. The van der Waals surface area contributed by atoms with Crippen LogP contribution in [0.15, 0.2) is 59.5 Å². The molecule has 0 saturated carbocycles. The van der Waals surface area contributed by atoms with Gasteiger partial charge in [0.25, 0.3) is 5.65 Å². The standard InChI is InChI=1S/C23H35N5P.HI/c1-7-26(8-2)29(27(9-3)10-4,24-21-16-12-11-13-17-21)23-20(5)25(6)22-18-14-15-19-28(22)23;/h11-19H,7-10H2,1-6H3;1H/q+1;/p-1. The Balaban J connectivity index is 0.00000320. The van der Waals surface area contributed by atoms with Gasteiger partial charge in [-0.3, -0.25) is 9.34 Å². The monoisotopic (exact) mass is 539 g/mol. The zero-order valence-electron chi connectivity index (χ0n) is 19.1. The van der Waals surface area contributed by atoms with E-state index in [1.54, 1.807) is 0 Å². The second-order valence-electron chi connectivity index (χ2n) is 7.18. The molecule has 30 heavy (non-hydrogen) atoms. The van der Waals surface area contributed by atoms with Crippen molar-refractivity contribution in [2.24, 2.45) is 11.8 Å². The summed E-state index contributed by atoms with van der Waals surface area (Å²) in [4.78, 5) is 0. The summed E-state index contributed by atoms with van der Waals surface area (Å²) < 4.78 is 15.5. The normalized spacial score (nSPS) is 11.9. The molecule has 0 N–H and O–H groups in total. The highest BCUT2D eigenvalue weighted by molar-refractivity contribution is 7.69. The molecule has 0 radical (unpaired) electrons. The summed E-state index contributed by atoms with van der Waals surface area (Å²) in [7, 11) is -0.0567. The number of imidazole rings is 1. The number of nitrogens with zero attached hydrogens (tertiary/aromatic N) is 5. The molecule has 0 aliphatic rings. The molecule has 0 aliphatic carbocycles. The summed E-state index contributed by atoms with van der Waals surface area (Å²) in [5, 5.41) is 0. The largest absolute Gasteiger partial charge is 1.00 e. The van der Waals surface area contributed by atoms with Gasteiger partial charge in [-0.15, -0.1) is 0 Å². The van der Waals surface area contributed by atoms with Crippen LogP contribution in [0.4, 0.5) is 5.69 Å². The highest BCUT2D eigenvalue weighted by Crippen LogP contribution is 2.57. The van der Waals surface area contributed by atoms with E-state index in [4.69, 9.17) is 4.74 Å². The molecule has 1 aromatic carbocycles. The third-order valence-electron chi connectivity index (χ3n) is 5.78. The first-order chi connectivity index (χ1) is 14.0. The first-order valence-corrected chi connectivity index (χ1v) is 12.3. The van der Waals surface area contributed by atoms with Crippen molar-refractivity contribution in [2.75, 3.05) is 26.2 Å². The molecular weight excluding hydrogens is 504 g/mol. The maximum absolute atomic E-state index is 5.60. The lowest BCUT2D eigenvalue weighted by Crippen LogP contribution is -3.00. The van der Waals surface area contributed by atoms with Crippen LogP contribution in [0.1, 0.15) is 33.4 Å². The summed E-state index contributed by atoms with van der Waals surface area (Å²) in [6, 6.07) is 16.9. The van der Waals surface area contributed by atoms with E-state index in [9.17, 15) is 0 Å². The SMILES string of the molecule is CCN(CC)P(=Nc1ccccc1)(c1c(C)n(C)c2cccc[n+]12)N(CC)CC.[I-]. The van der Waals surface area contributed by atoms with Crippen LogP contribution in [0.5, 0.6) is 0 Å². The van der Waals surface area contributed by atoms with Crippen LogP contribution >= 0.6 is 7.36 Å². The number of aromatic nitrogens is 2. The molecular formula is C23H35IN5P. The van der Waals surface area contributed by atoms with Gasteiger partial charge < -0.3 is 24.0 Å². The molecule has 3 aromatic rings. The molecule has 0 amide bonds. The minimum absolute atomic E-state index is 0. The van der Waals surface area contributed by atoms with Crippen molar-refractivity contribution >= 4 is 24.1 Å². The van der Waals surface area contributed by atoms with Gasteiger partial charge in [0.05, 0.1) is 18.9 Å². The Morgan fingerprint density at radius 2 is 1.40 bits per heavy atom. The summed E-state index contributed by atoms with van der Waals surface area (Å²) in [6.07, 6.45) is 2.19. The van der Waals surface area contributed by atoms with E-state index in [0.29, 0.717) is 0 Å². The number of benzene rings is 1. The first kappa shape index (κ1) is 25.1. The average molecular weight is 539 g/mol. The summed E-state index contributed by atoms with van der Waals surface area (Å²) >= 11 is 0. The van der Waals surface area contributed by atoms with Crippen LogP contribution < -0.4 is 33.8 Å². The Labute approximate surface area is 198 Å². The third-order valence-corrected chi connectivity index (χ3v) is 10.1. The third kappa shape index (κ3) is 4.24. The molecule has 2 heterocycles. The number of hydrogen-bond donors (Lipinski definition) is 0. The second kappa shape index (κ2) is 10.9. The lowest BCUT2D eigenvalue weighted by molar-refractivity contribution is -0.491. The molecule has 3 rings (SSSR count). The predicted molar refractivity (Wildman–Crippen MR) is 124 cm³/mol. The maximum Gasteiger partial charge on any atom is 0.286 e. The first-order valence-electron chi connectivity index (χ1n) is 10.7. The molecule has 5 nitrogen and oxygen atoms in total. The van der Waals surface area contributed by atoms with Gasteiger partial charge in [-0.1, -0.05) is 52.0 Å². The van der Waals surface area contributed by atoms with Gasteiger partial charge >= 0.3 is 0 Å². The van der Waals surface area contributed by atoms with E-state index in [2.05, 4.69) is 115 Å². The highest BCUT2D eigenvalue weighted by Gasteiger charge is 2.42. The molecule has 164 valence electrons. The average Bonchev–Trinajstić information content (AvgIpc) is 3.01. The van der Waals surface area contributed by atoms with E-state index in [-0.39, 0.29) is 24.0 Å². The number of pyridine rings is 1. The van der Waals surface area contributed by atoms with Crippen LogP contribution in [-0.2, 0) is 7.05 Å². The van der Waals surface area contributed by atoms with Crippen molar-refractivity contribution in [1.82, 2.24) is 13.9 Å². The van der Waals surface area contributed by atoms with Gasteiger partial charge in [-0.25, -0.2) is 9.31 Å². The van der Waals surface area contributed by atoms with Gasteiger partial charge in [0.2, 0.25) is 5.44 Å². The van der Waals surface area contributed by atoms with Gasteiger partial charge in [-0.05, 0) is 18.2 Å². The van der Waals surface area contributed by atoms with Crippen LogP contribution in [-0.4, -0.2) is 40.1 Å². The number of halogens is 1. The minimum Gasteiger partial charge on any atom is -1.00 e. The van der Waals surface area contributed by atoms with Crippen LogP contribution in [0.3, 0.4) is 0 Å². The lowest BCUT2D eigenvalue weighted by atomic mass is 10.3. The van der Waals surface area contributed by atoms with Crippen molar-refractivity contribution in [3.63, 3.8) is 0 Å². The Morgan fingerprint density at radius 1 is 0.867 bits per heavy atom. The van der Waals surface area contributed by atoms with Gasteiger partial charge in [-0.2, -0.15) is 4.40 Å². The molecule has 0 spiro atoms. The topological polar surface area (TPSA) is 27.9 Å². The lowest BCUT2D eigenvalue weighted by Gasteiger charge is -2.41. The number of fused-ring (bicyclic) bond motifs is 1. The van der Waals surface area contributed by atoms with Crippen molar-refractivity contribution < 1.29 is 28.4 Å². The number of aryl methyl sites for hydroxylation is 1. The molecule has 0 bridgehead atoms. The Hall–Kier alpha value is -1.21. The summed E-state index contributed by atoms with van der Waals surface area (Å²) in [5.41, 5.74) is 4.86. The Bertz CT molecular complexity index is 991. The number of hydrogen-bond acceptors (Lipinski definition) is 1. The van der Waals surface area contributed by atoms with E-state index in [0.717, 1.165) is 31.9 Å². The van der Waals surface area contributed by atoms with Crippen LogP contribution in [0, 0.1) is 6.92 Å². The molecule has 0 aliphatic heterocycles. The quantitative estimate of drug-likeness (QED) is 0.248. The molecule has 0 unspecified atom stereocenters. The van der Waals surface area contributed by atoms with Crippen molar-refractivity contribution in [3.8, 4) is 0 Å². The molecule has 2 aromatic heterocycles. The Kier molecular flexibility index (Phi) is 9.10. The molecule has 7 heteroatoms. The maximum atomic E-state index is 5.60. The van der Waals surface area contributed by atoms with Gasteiger partial charge in [0.1, 0.15) is 0 Å². The second-order valence-corrected chi connectivity index (χ2v) is 10.1. The van der Waals surface area contributed by atoms with Crippen molar-refractivity contribution in [2.45, 2.75) is 34.6 Å². The van der Waals surface area contributed by atoms with E-state index in [1.807, 2.05) is 0 Å². The Morgan fingerprint density at radius 3 is 1.93 bits per heavy atom. The van der Waals surface area contributed by atoms with E-state index in [1.165, 1.54) is 16.8 Å². The van der Waals surface area contributed by atoms with Crippen molar-refractivity contribution in [3.05, 3.63) is 60.4 Å². The van der Waals surface area contributed by atoms with Gasteiger partial charge in [0.15, 0.2) is 13.0 Å². The molecule has 0 saturated heterocycles. The fraction of sp³-hybridized carbons (Fsp3) is 0.435. The van der Waals surface area contributed by atoms with Gasteiger partial charge in [0, 0.05) is 39.2 Å². The van der Waals surface area contributed by atoms with E-state index < -0.39 is 7.36 Å². The summed E-state index contributed by atoms with van der Waals surface area (Å²) in [5.74, 6) is 0. The molecule has 0 atom stereocenters. The predicted octanol–water partition coefficient (Wildman–Crippen LogP) is 1.75. The zero-order valence-corrected chi connectivity index (χ0v) is 22.1. The van der Waals surface area contributed by atoms with Crippen LogP contribution in [0.25, 0.3) is 5.65 Å². The minimum atomic E-state index is -2.22. The van der Waals surface area contributed by atoms with Crippen LogP contribution in [0.2, 0.25) is 0 Å². The highest BCUT2D eigenvalue weighted by atomic mass is 127. The fourth-order valence-corrected chi connectivity index (χ4v) is 8.57. The zero-order chi connectivity index (χ0) is 21.0. The smallest absolute Gasteiger partial charge is 0.286 e. The fourth-order valence-electron chi connectivity index (χ4n) is 4.26. The van der Waals surface area contributed by atoms with E-state index >= 15 is 0 Å². The summed E-state index contributed by atoms with van der Waals surface area (Å²) in [6.45, 7) is 15.1. The molecule has 0 fully saturated rings. The van der Waals surface area contributed by atoms with Crippen molar-refractivity contribution in [1.29, 1.82) is 0 Å².